The third-order valence-electron chi connectivity index (χ3n) is 14.2. The van der Waals surface area contributed by atoms with Crippen molar-refractivity contribution >= 4 is 87.2 Å². The van der Waals surface area contributed by atoms with Crippen LogP contribution in [-0.4, -0.2) is 0 Å². The van der Waals surface area contributed by atoms with Gasteiger partial charge in [-0.3, -0.25) is 0 Å². The average molecular weight is 875 g/mol. The summed E-state index contributed by atoms with van der Waals surface area (Å²) >= 11 is 1.83. The summed E-state index contributed by atoms with van der Waals surface area (Å²) in [5, 5.41) is 7.30. The molecule has 2 aliphatic carbocycles. The first-order chi connectivity index (χ1) is 33.1. The van der Waals surface area contributed by atoms with Crippen LogP contribution in [0.25, 0.3) is 64.0 Å². The minimum Gasteiger partial charge on any atom is -0.310 e. The molecule has 4 heteroatoms. The van der Waals surface area contributed by atoms with E-state index in [2.05, 4.69) is 228 Å². The molecule has 1 heterocycles. The molecule has 0 atom stereocenters. The Morgan fingerprint density at radius 1 is 0.328 bits per heavy atom. The lowest BCUT2D eigenvalue weighted by Crippen LogP contribution is -2.28. The van der Waals surface area contributed by atoms with Crippen molar-refractivity contribution in [1.82, 2.24) is 0 Å². The smallest absolute Gasteiger partial charge is 0.123 e. The van der Waals surface area contributed by atoms with Crippen molar-refractivity contribution in [3.05, 3.63) is 265 Å². The molecule has 314 valence electrons. The Hall–Kier alpha value is -8.31. The van der Waals surface area contributed by atoms with Gasteiger partial charge in [-0.15, -0.1) is 11.3 Å². The largest absolute Gasteiger partial charge is 0.310 e. The number of benzene rings is 11. The monoisotopic (exact) mass is 874 g/mol. The lowest BCUT2D eigenvalue weighted by molar-refractivity contribution is 0.622. The predicted octanol–water partition coefficient (Wildman–Crippen LogP) is 17.8. The SMILES string of the molecule is Fc1ccc2c(c1)C1(c3ccccc3-c3ccccc31)c1c-2cc(N(c2ccccc2)c2ccc3c(ccc4ccccc43)c2)cc1N(c1ccccc1)c1ccc2sc3ccccc3c2c1. The van der Waals surface area contributed by atoms with Crippen molar-refractivity contribution < 1.29 is 4.39 Å². The van der Waals surface area contributed by atoms with Gasteiger partial charge in [0, 0.05) is 54.2 Å². The Kier molecular flexibility index (Phi) is 8.28. The van der Waals surface area contributed by atoms with Crippen LogP contribution in [0.2, 0.25) is 0 Å². The molecular formula is C63H39FN2S. The predicted molar refractivity (Wildman–Crippen MR) is 280 cm³/mol. The summed E-state index contributed by atoms with van der Waals surface area (Å²) in [4.78, 5) is 4.85. The summed E-state index contributed by atoms with van der Waals surface area (Å²) in [6.07, 6.45) is 0. The molecule has 2 nitrogen and oxygen atoms in total. The second kappa shape index (κ2) is 14.6. The van der Waals surface area contributed by atoms with Gasteiger partial charge in [0.15, 0.2) is 0 Å². The zero-order valence-corrected chi connectivity index (χ0v) is 37.0. The summed E-state index contributed by atoms with van der Waals surface area (Å²) < 4.78 is 18.8. The highest BCUT2D eigenvalue weighted by molar-refractivity contribution is 7.25. The number of rotatable bonds is 6. The molecule has 0 saturated heterocycles. The van der Waals surface area contributed by atoms with Gasteiger partial charge in [-0.25, -0.2) is 4.39 Å². The zero-order chi connectivity index (χ0) is 44.2. The number of para-hydroxylation sites is 2. The maximum Gasteiger partial charge on any atom is 0.123 e. The fourth-order valence-corrected chi connectivity index (χ4v) is 12.6. The highest BCUT2D eigenvalue weighted by Gasteiger charge is 2.54. The molecule has 0 aliphatic heterocycles. The van der Waals surface area contributed by atoms with Gasteiger partial charge in [0.05, 0.1) is 11.1 Å². The first-order valence-electron chi connectivity index (χ1n) is 22.8. The standard InChI is InChI=1S/C63H39FN2S/c64-42-29-32-52-55-38-47(65(43-16-3-1-4-17-43)45-30-33-49-41(35-45)28-27-40-15-7-8-20-48(40)49)39-59(62(55)63(58(52)36-42)56-24-12-9-21-50(56)51-22-10-13-25-57(51)63)66(44-18-5-2-6-19-44)46-31-34-61-54(37-46)53-23-11-14-26-60(53)67-61/h1-39H. The summed E-state index contributed by atoms with van der Waals surface area (Å²) in [5.41, 5.74) is 14.2. The Bertz CT molecular complexity index is 3920. The first-order valence-corrected chi connectivity index (χ1v) is 23.7. The third-order valence-corrected chi connectivity index (χ3v) is 15.4. The Balaban J connectivity index is 1.13. The summed E-state index contributed by atoms with van der Waals surface area (Å²) in [6, 6.07) is 84.7. The quantitative estimate of drug-likeness (QED) is 0.154. The second-order valence-corrected chi connectivity index (χ2v) is 18.8. The molecule has 0 unspecified atom stereocenters. The van der Waals surface area contributed by atoms with Gasteiger partial charge in [0.2, 0.25) is 0 Å². The van der Waals surface area contributed by atoms with E-state index in [1.54, 1.807) is 12.1 Å². The molecule has 14 rings (SSSR count). The van der Waals surface area contributed by atoms with Crippen LogP contribution in [0.4, 0.5) is 38.5 Å². The van der Waals surface area contributed by atoms with Crippen molar-refractivity contribution in [2.75, 3.05) is 9.80 Å². The summed E-state index contributed by atoms with van der Waals surface area (Å²) in [5.74, 6) is -0.251. The first kappa shape index (κ1) is 38.0. The molecule has 12 aromatic rings. The molecule has 0 amide bonds. The van der Waals surface area contributed by atoms with Gasteiger partial charge < -0.3 is 9.80 Å². The molecule has 0 fully saturated rings. The van der Waals surface area contributed by atoms with Gasteiger partial charge in [-0.2, -0.15) is 0 Å². The van der Waals surface area contributed by atoms with Gasteiger partial charge in [-0.1, -0.05) is 152 Å². The van der Waals surface area contributed by atoms with Gasteiger partial charge in [0.25, 0.3) is 0 Å². The van der Waals surface area contributed by atoms with E-state index in [4.69, 9.17) is 0 Å². The van der Waals surface area contributed by atoms with Crippen molar-refractivity contribution in [2.24, 2.45) is 0 Å². The van der Waals surface area contributed by atoms with Gasteiger partial charge >= 0.3 is 0 Å². The Morgan fingerprint density at radius 2 is 0.910 bits per heavy atom. The van der Waals surface area contributed by atoms with E-state index >= 15 is 4.39 Å². The average Bonchev–Trinajstić information content (AvgIpc) is 4.00. The van der Waals surface area contributed by atoms with E-state index < -0.39 is 5.41 Å². The molecule has 0 saturated carbocycles. The van der Waals surface area contributed by atoms with Crippen LogP contribution in [0.5, 0.6) is 0 Å². The molecular weight excluding hydrogens is 836 g/mol. The van der Waals surface area contributed by atoms with Crippen LogP contribution >= 0.6 is 11.3 Å². The number of thiophene rings is 1. The van der Waals surface area contributed by atoms with E-state index in [1.807, 2.05) is 17.4 Å². The van der Waals surface area contributed by atoms with E-state index in [9.17, 15) is 0 Å². The molecule has 67 heavy (non-hydrogen) atoms. The fraction of sp³-hybridized carbons (Fsp3) is 0.0159. The molecule has 0 bridgehead atoms. The van der Waals surface area contributed by atoms with E-state index in [0.29, 0.717) is 0 Å². The lowest BCUT2D eigenvalue weighted by Gasteiger charge is -2.37. The van der Waals surface area contributed by atoms with Gasteiger partial charge in [0.1, 0.15) is 5.82 Å². The topological polar surface area (TPSA) is 6.48 Å². The molecule has 0 radical (unpaired) electrons. The summed E-state index contributed by atoms with van der Waals surface area (Å²) in [7, 11) is 0. The summed E-state index contributed by atoms with van der Waals surface area (Å²) in [6.45, 7) is 0. The number of hydrogen-bond donors (Lipinski definition) is 0. The lowest BCUT2D eigenvalue weighted by atomic mass is 9.70. The van der Waals surface area contributed by atoms with Crippen LogP contribution < -0.4 is 9.80 Å². The van der Waals surface area contributed by atoms with Crippen LogP contribution in [-0.2, 0) is 5.41 Å². The second-order valence-electron chi connectivity index (χ2n) is 17.7. The maximum atomic E-state index is 16.3. The van der Waals surface area contributed by atoms with E-state index in [-0.39, 0.29) is 5.82 Å². The highest BCUT2D eigenvalue weighted by Crippen LogP contribution is 2.66. The molecule has 11 aromatic carbocycles. The van der Waals surface area contributed by atoms with E-state index in [0.717, 1.165) is 67.5 Å². The van der Waals surface area contributed by atoms with Crippen LogP contribution in [0.15, 0.2) is 237 Å². The van der Waals surface area contributed by atoms with Crippen molar-refractivity contribution in [3.8, 4) is 22.3 Å². The Labute approximate surface area is 391 Å². The molecule has 0 N–H and O–H groups in total. The maximum absolute atomic E-state index is 16.3. The van der Waals surface area contributed by atoms with Crippen molar-refractivity contribution in [3.63, 3.8) is 0 Å². The number of halogens is 1. The third kappa shape index (κ3) is 5.54. The number of fused-ring (bicyclic) bond motifs is 16. The normalized spacial score (nSPS) is 13.0. The number of nitrogens with zero attached hydrogens (tertiary/aromatic N) is 2. The number of anilines is 6. The van der Waals surface area contributed by atoms with Crippen LogP contribution in [0.3, 0.4) is 0 Å². The number of hydrogen-bond acceptors (Lipinski definition) is 3. The highest BCUT2D eigenvalue weighted by atomic mass is 32.1. The fourth-order valence-electron chi connectivity index (χ4n) is 11.5. The molecule has 1 spiro atoms. The van der Waals surface area contributed by atoms with Crippen LogP contribution in [0, 0.1) is 5.82 Å². The van der Waals surface area contributed by atoms with Crippen LogP contribution in [0.1, 0.15) is 22.3 Å². The molecule has 2 aliphatic rings. The van der Waals surface area contributed by atoms with Crippen molar-refractivity contribution in [2.45, 2.75) is 5.41 Å². The minimum atomic E-state index is -0.832. The molecule has 1 aromatic heterocycles. The van der Waals surface area contributed by atoms with E-state index in [1.165, 1.54) is 52.8 Å². The van der Waals surface area contributed by atoms with Gasteiger partial charge in [-0.05, 0) is 145 Å². The zero-order valence-electron chi connectivity index (χ0n) is 36.2. The van der Waals surface area contributed by atoms with Crippen molar-refractivity contribution in [1.29, 1.82) is 0 Å². The minimum absolute atomic E-state index is 0.251. The Morgan fingerprint density at radius 3 is 1.69 bits per heavy atom.